The number of ether oxygens (including phenoxy) is 1. The molecular weight excluding hydrogens is 216 g/mol. The van der Waals surface area contributed by atoms with E-state index < -0.39 is 0 Å². The smallest absolute Gasteiger partial charge is 0.121 e. The maximum atomic E-state index is 9.03. The first-order chi connectivity index (χ1) is 8.06. The monoisotopic (exact) mass is 238 g/mol. The zero-order valence-corrected chi connectivity index (χ0v) is 10.8. The summed E-state index contributed by atoms with van der Waals surface area (Å²) in [6.45, 7) is 5.81. The van der Waals surface area contributed by atoms with Crippen LogP contribution >= 0.6 is 0 Å². The van der Waals surface area contributed by atoms with E-state index in [-0.39, 0.29) is 6.61 Å². The molecule has 0 saturated carbocycles. The van der Waals surface area contributed by atoms with E-state index in [2.05, 4.69) is 18.7 Å². The summed E-state index contributed by atoms with van der Waals surface area (Å²) >= 11 is 0. The van der Waals surface area contributed by atoms with Crippen molar-refractivity contribution >= 4 is 5.69 Å². The molecule has 17 heavy (non-hydrogen) atoms. The van der Waals surface area contributed by atoms with Gasteiger partial charge in [-0.2, -0.15) is 0 Å². The van der Waals surface area contributed by atoms with E-state index in [1.54, 1.807) is 13.2 Å². The number of nitrogens with zero attached hydrogens (tertiary/aromatic N) is 1. The fourth-order valence-electron chi connectivity index (χ4n) is 1.78. The second-order valence-electron chi connectivity index (χ2n) is 4.40. The van der Waals surface area contributed by atoms with Gasteiger partial charge in [-0.25, -0.2) is 0 Å². The topological polar surface area (TPSA) is 58.7 Å². The predicted molar refractivity (Wildman–Crippen MR) is 70.0 cm³/mol. The van der Waals surface area contributed by atoms with Crippen LogP contribution in [0.2, 0.25) is 0 Å². The van der Waals surface area contributed by atoms with Crippen LogP contribution in [0.5, 0.6) is 5.75 Å². The second-order valence-corrected chi connectivity index (χ2v) is 4.40. The van der Waals surface area contributed by atoms with Crippen LogP contribution in [0.4, 0.5) is 5.69 Å². The average Bonchev–Trinajstić information content (AvgIpc) is 2.27. The summed E-state index contributed by atoms with van der Waals surface area (Å²) in [5.41, 5.74) is 7.61. The van der Waals surface area contributed by atoms with E-state index in [4.69, 9.17) is 15.6 Å². The molecule has 0 unspecified atom stereocenters. The Labute approximate surface area is 103 Å². The van der Waals surface area contributed by atoms with Crippen molar-refractivity contribution in [1.29, 1.82) is 0 Å². The van der Waals surface area contributed by atoms with Gasteiger partial charge >= 0.3 is 0 Å². The van der Waals surface area contributed by atoms with E-state index in [1.165, 1.54) is 0 Å². The molecule has 0 bridgehead atoms. The lowest BCUT2D eigenvalue weighted by Crippen LogP contribution is -2.32. The third-order valence-electron chi connectivity index (χ3n) is 2.73. The lowest BCUT2D eigenvalue weighted by atomic mass is 10.1. The third-order valence-corrected chi connectivity index (χ3v) is 2.73. The Morgan fingerprint density at radius 1 is 1.35 bits per heavy atom. The molecule has 3 N–H and O–H groups in total. The van der Waals surface area contributed by atoms with Crippen LogP contribution in [-0.4, -0.2) is 36.3 Å². The molecule has 0 aliphatic rings. The minimum absolute atomic E-state index is 0.164. The summed E-state index contributed by atoms with van der Waals surface area (Å²) in [7, 11) is 1.63. The molecule has 0 aromatic heterocycles. The molecule has 0 aliphatic heterocycles. The minimum Gasteiger partial charge on any atom is -0.497 e. The van der Waals surface area contributed by atoms with Crippen molar-refractivity contribution in [2.75, 3.05) is 26.0 Å². The van der Waals surface area contributed by atoms with Crippen molar-refractivity contribution in [3.8, 4) is 5.75 Å². The van der Waals surface area contributed by atoms with Gasteiger partial charge in [-0.15, -0.1) is 0 Å². The Hall–Kier alpha value is -1.26. The second kappa shape index (κ2) is 6.47. The number of benzene rings is 1. The number of nitrogen functional groups attached to an aromatic ring is 1. The van der Waals surface area contributed by atoms with Gasteiger partial charge in [0.25, 0.3) is 0 Å². The van der Waals surface area contributed by atoms with Crippen molar-refractivity contribution in [2.24, 2.45) is 0 Å². The number of methoxy groups -OCH3 is 1. The molecule has 1 aromatic rings. The predicted octanol–water partition coefficient (Wildman–Crippen LogP) is 1.48. The molecule has 96 valence electrons. The van der Waals surface area contributed by atoms with Crippen LogP contribution in [0.25, 0.3) is 0 Å². The molecule has 0 radical (unpaired) electrons. The van der Waals surface area contributed by atoms with Gasteiger partial charge in [-0.05, 0) is 31.5 Å². The number of hydrogen-bond acceptors (Lipinski definition) is 4. The maximum absolute atomic E-state index is 9.03. The summed E-state index contributed by atoms with van der Waals surface area (Å²) < 4.78 is 5.19. The van der Waals surface area contributed by atoms with Gasteiger partial charge in [-0.1, -0.05) is 0 Å². The number of anilines is 1. The highest BCUT2D eigenvalue weighted by Crippen LogP contribution is 2.20. The Morgan fingerprint density at radius 2 is 2.06 bits per heavy atom. The molecule has 0 atom stereocenters. The molecule has 0 aliphatic carbocycles. The van der Waals surface area contributed by atoms with Gasteiger partial charge in [0.1, 0.15) is 5.75 Å². The minimum atomic E-state index is 0.164. The first-order valence-electron chi connectivity index (χ1n) is 5.85. The van der Waals surface area contributed by atoms with Crippen molar-refractivity contribution in [3.63, 3.8) is 0 Å². The van der Waals surface area contributed by atoms with Crippen molar-refractivity contribution in [2.45, 2.75) is 26.4 Å². The van der Waals surface area contributed by atoms with Gasteiger partial charge in [0.15, 0.2) is 0 Å². The van der Waals surface area contributed by atoms with Gasteiger partial charge in [-0.3, -0.25) is 4.90 Å². The van der Waals surface area contributed by atoms with Crippen LogP contribution in [0, 0.1) is 0 Å². The first-order valence-corrected chi connectivity index (χ1v) is 5.85. The highest BCUT2D eigenvalue weighted by atomic mass is 16.5. The van der Waals surface area contributed by atoms with Crippen LogP contribution in [0.15, 0.2) is 18.2 Å². The number of aliphatic hydroxyl groups excluding tert-OH is 1. The molecule has 0 heterocycles. The number of nitrogens with two attached hydrogens (primary N) is 1. The SMILES string of the molecule is COc1cc(N)cc(CN(CCO)C(C)C)c1. The van der Waals surface area contributed by atoms with E-state index in [0.29, 0.717) is 18.3 Å². The van der Waals surface area contributed by atoms with E-state index in [1.807, 2.05) is 12.1 Å². The molecule has 4 heteroatoms. The van der Waals surface area contributed by atoms with E-state index >= 15 is 0 Å². The van der Waals surface area contributed by atoms with Crippen LogP contribution in [-0.2, 0) is 6.54 Å². The summed E-state index contributed by atoms with van der Waals surface area (Å²) in [5, 5.41) is 9.03. The molecule has 0 amide bonds. The van der Waals surface area contributed by atoms with E-state index in [0.717, 1.165) is 17.9 Å². The van der Waals surface area contributed by atoms with E-state index in [9.17, 15) is 0 Å². The van der Waals surface area contributed by atoms with Gasteiger partial charge in [0.2, 0.25) is 0 Å². The summed E-state index contributed by atoms with van der Waals surface area (Å²) in [6.07, 6.45) is 0. The largest absolute Gasteiger partial charge is 0.497 e. The van der Waals surface area contributed by atoms with Crippen molar-refractivity contribution in [3.05, 3.63) is 23.8 Å². The van der Waals surface area contributed by atoms with Crippen LogP contribution in [0.1, 0.15) is 19.4 Å². The zero-order valence-electron chi connectivity index (χ0n) is 10.8. The summed E-state index contributed by atoms with van der Waals surface area (Å²) in [5.74, 6) is 0.771. The normalized spacial score (nSPS) is 11.2. The molecule has 0 saturated heterocycles. The quantitative estimate of drug-likeness (QED) is 0.737. The fourth-order valence-corrected chi connectivity index (χ4v) is 1.78. The van der Waals surface area contributed by atoms with Crippen LogP contribution in [0.3, 0.4) is 0 Å². The Balaban J connectivity index is 2.81. The van der Waals surface area contributed by atoms with Gasteiger partial charge in [0, 0.05) is 30.9 Å². The fraction of sp³-hybridized carbons (Fsp3) is 0.538. The number of aliphatic hydroxyl groups is 1. The molecular formula is C13H22N2O2. The Kier molecular flexibility index (Phi) is 5.25. The number of rotatable bonds is 6. The Morgan fingerprint density at radius 3 is 2.59 bits per heavy atom. The standard InChI is InChI=1S/C13H22N2O2/c1-10(2)15(4-5-16)9-11-6-12(14)8-13(7-11)17-3/h6-8,10,16H,4-5,9,14H2,1-3H3. The molecule has 1 rings (SSSR count). The van der Waals surface area contributed by atoms with Gasteiger partial charge in [0.05, 0.1) is 13.7 Å². The van der Waals surface area contributed by atoms with Crippen LogP contribution < -0.4 is 10.5 Å². The first kappa shape index (κ1) is 13.8. The zero-order chi connectivity index (χ0) is 12.8. The molecule has 0 spiro atoms. The maximum Gasteiger partial charge on any atom is 0.121 e. The third kappa shape index (κ3) is 4.24. The summed E-state index contributed by atoms with van der Waals surface area (Å²) in [6, 6.07) is 6.10. The van der Waals surface area contributed by atoms with Crippen molar-refractivity contribution in [1.82, 2.24) is 4.90 Å². The molecule has 1 aromatic carbocycles. The summed E-state index contributed by atoms with van der Waals surface area (Å²) in [4.78, 5) is 2.19. The highest BCUT2D eigenvalue weighted by Gasteiger charge is 2.10. The molecule has 0 fully saturated rings. The highest BCUT2D eigenvalue weighted by molar-refractivity contribution is 5.47. The Bertz CT molecular complexity index is 353. The number of hydrogen-bond donors (Lipinski definition) is 2. The lowest BCUT2D eigenvalue weighted by molar-refractivity contribution is 0.159. The average molecular weight is 238 g/mol. The van der Waals surface area contributed by atoms with Crippen molar-refractivity contribution < 1.29 is 9.84 Å². The lowest BCUT2D eigenvalue weighted by Gasteiger charge is -2.25. The molecule has 4 nitrogen and oxygen atoms in total. The van der Waals surface area contributed by atoms with Gasteiger partial charge < -0.3 is 15.6 Å².